The van der Waals surface area contributed by atoms with Gasteiger partial charge in [-0.2, -0.15) is 0 Å². The number of hydrogen-bond donors (Lipinski definition) is 0. The number of aryl methyl sites for hydroxylation is 1. The molecule has 4 nitrogen and oxygen atoms in total. The zero-order valence-corrected chi connectivity index (χ0v) is 35.2. The maximum Gasteiger partial charge on any atom is 0.0641 e. The predicted molar refractivity (Wildman–Crippen MR) is 268 cm³/mol. The number of rotatable bonds is 5. The maximum absolute atomic E-state index is 2.55. The molecule has 302 valence electrons. The molecule has 0 N–H and O–H groups in total. The van der Waals surface area contributed by atoms with Gasteiger partial charge in [0.25, 0.3) is 0 Å². The van der Waals surface area contributed by atoms with E-state index >= 15 is 0 Å². The van der Waals surface area contributed by atoms with E-state index in [-0.39, 0.29) is 6.04 Å². The zero-order chi connectivity index (χ0) is 41.9. The first-order chi connectivity index (χ1) is 31.8. The van der Waals surface area contributed by atoms with Crippen molar-refractivity contribution in [3.8, 4) is 39.4 Å². The molecule has 4 aromatic heterocycles. The zero-order valence-electron chi connectivity index (χ0n) is 35.2. The van der Waals surface area contributed by atoms with E-state index in [1.807, 2.05) is 0 Å². The number of hydrogen-bond acceptors (Lipinski definition) is 0. The van der Waals surface area contributed by atoms with Crippen LogP contribution in [0.4, 0.5) is 0 Å². The van der Waals surface area contributed by atoms with Crippen molar-refractivity contribution in [3.63, 3.8) is 0 Å². The largest absolute Gasteiger partial charge is 0.333 e. The molecular formula is C60H42N4. The van der Waals surface area contributed by atoms with E-state index in [9.17, 15) is 0 Å². The molecule has 12 aromatic rings. The third-order valence-corrected chi connectivity index (χ3v) is 14.2. The second-order valence-corrected chi connectivity index (χ2v) is 17.5. The SMILES string of the molecule is C1=CCC(n2c3ccccc3c3c4c(ccc32)c2ccccc2n4-c2ccc(-c3ccc(-n4c5c(c6ccccc64)-c4c(c6ccccc6n4-c4ccccc4)CC5)cc3)cc2)C=C1. The first-order valence-corrected chi connectivity index (χ1v) is 22.6. The van der Waals surface area contributed by atoms with Crippen molar-refractivity contribution in [2.45, 2.75) is 25.3 Å². The summed E-state index contributed by atoms with van der Waals surface area (Å²) in [5.41, 5.74) is 19.0. The minimum Gasteiger partial charge on any atom is -0.333 e. The van der Waals surface area contributed by atoms with E-state index in [0.29, 0.717) is 0 Å². The van der Waals surface area contributed by atoms with Gasteiger partial charge in [-0.25, -0.2) is 0 Å². The van der Waals surface area contributed by atoms with E-state index in [1.54, 1.807) is 0 Å². The Morgan fingerprint density at radius 1 is 0.391 bits per heavy atom. The highest BCUT2D eigenvalue weighted by Gasteiger charge is 2.31. The molecule has 0 amide bonds. The quantitative estimate of drug-likeness (QED) is 0.165. The van der Waals surface area contributed by atoms with E-state index < -0.39 is 0 Å². The highest BCUT2D eigenvalue weighted by atomic mass is 15.0. The highest BCUT2D eigenvalue weighted by Crippen LogP contribution is 2.48. The molecule has 8 aromatic carbocycles. The number of allylic oxidation sites excluding steroid dienone is 4. The topological polar surface area (TPSA) is 19.7 Å². The standard InChI is InChI=1S/C60H42N4/c1-3-15-41(16-4-1)61-53-25-13-9-21-49(53)57-55(61)37-35-48-46-20-8-12-24-52(46)64(60(48)57)44-33-29-40(30-34-44)39-27-31-43(32-28-39)62-54-26-14-10-22-50(54)58-56(62)38-36-47-45-19-7-11-23-51(45)63(59(47)58)42-17-5-2-6-18-42/h1-15,17-35,37,41H,16,36,38H2. The van der Waals surface area contributed by atoms with Crippen LogP contribution < -0.4 is 0 Å². The van der Waals surface area contributed by atoms with Crippen LogP contribution in [0.2, 0.25) is 0 Å². The Labute approximate surface area is 370 Å². The number of para-hydroxylation sites is 5. The molecule has 0 bridgehead atoms. The van der Waals surface area contributed by atoms with Crippen molar-refractivity contribution in [1.82, 2.24) is 18.3 Å². The lowest BCUT2D eigenvalue weighted by atomic mass is 9.91. The predicted octanol–water partition coefficient (Wildman–Crippen LogP) is 15.3. The van der Waals surface area contributed by atoms with E-state index in [1.165, 1.54) is 110 Å². The molecule has 0 aliphatic heterocycles. The van der Waals surface area contributed by atoms with Crippen LogP contribution in [0.3, 0.4) is 0 Å². The molecule has 1 unspecified atom stereocenters. The Balaban J connectivity index is 0.885. The Morgan fingerprint density at radius 2 is 0.969 bits per heavy atom. The van der Waals surface area contributed by atoms with Gasteiger partial charge in [-0.3, -0.25) is 0 Å². The summed E-state index contributed by atoms with van der Waals surface area (Å²) in [6.45, 7) is 0. The van der Waals surface area contributed by atoms with Gasteiger partial charge in [-0.1, -0.05) is 146 Å². The smallest absolute Gasteiger partial charge is 0.0641 e. The average Bonchev–Trinajstić information content (AvgIpc) is 4.10. The molecule has 2 aliphatic carbocycles. The Bertz CT molecular complexity index is 3900. The Hall–Kier alpha value is -8.08. The third-order valence-electron chi connectivity index (χ3n) is 14.2. The number of fused-ring (bicyclic) bond motifs is 14. The average molecular weight is 819 g/mol. The Morgan fingerprint density at radius 3 is 1.67 bits per heavy atom. The minimum atomic E-state index is 0.274. The van der Waals surface area contributed by atoms with Crippen molar-refractivity contribution >= 4 is 65.4 Å². The van der Waals surface area contributed by atoms with Gasteiger partial charge >= 0.3 is 0 Å². The van der Waals surface area contributed by atoms with Crippen LogP contribution in [-0.4, -0.2) is 18.3 Å². The van der Waals surface area contributed by atoms with Gasteiger partial charge in [0.2, 0.25) is 0 Å². The molecule has 4 heteroatoms. The molecule has 14 rings (SSSR count). The summed E-state index contributed by atoms with van der Waals surface area (Å²) < 4.78 is 10.1. The van der Waals surface area contributed by atoms with Crippen LogP contribution >= 0.6 is 0 Å². The number of aromatic nitrogens is 4. The van der Waals surface area contributed by atoms with Gasteiger partial charge in [-0.15, -0.1) is 0 Å². The lowest BCUT2D eigenvalue weighted by molar-refractivity contribution is 0.648. The monoisotopic (exact) mass is 818 g/mol. The van der Waals surface area contributed by atoms with Crippen LogP contribution in [-0.2, 0) is 12.8 Å². The lowest BCUT2D eigenvalue weighted by Gasteiger charge is -2.20. The first-order valence-electron chi connectivity index (χ1n) is 22.6. The fourth-order valence-electron chi connectivity index (χ4n) is 11.5. The summed E-state index contributed by atoms with van der Waals surface area (Å²) in [6, 6.07) is 70.0. The van der Waals surface area contributed by atoms with Crippen LogP contribution in [0.5, 0.6) is 0 Å². The normalized spacial score (nSPS) is 14.7. The van der Waals surface area contributed by atoms with Crippen LogP contribution in [0.25, 0.3) is 105 Å². The summed E-state index contributed by atoms with van der Waals surface area (Å²) in [6.07, 6.45) is 11.9. The summed E-state index contributed by atoms with van der Waals surface area (Å²) in [4.78, 5) is 0. The van der Waals surface area contributed by atoms with Crippen LogP contribution in [0.1, 0.15) is 23.7 Å². The summed E-state index contributed by atoms with van der Waals surface area (Å²) >= 11 is 0. The van der Waals surface area contributed by atoms with E-state index in [0.717, 1.165) is 24.9 Å². The van der Waals surface area contributed by atoms with Crippen LogP contribution in [0, 0.1) is 0 Å². The summed E-state index contributed by atoms with van der Waals surface area (Å²) in [5, 5.41) is 7.81. The van der Waals surface area contributed by atoms with Crippen molar-refractivity contribution in [3.05, 3.63) is 224 Å². The molecule has 0 saturated heterocycles. The van der Waals surface area contributed by atoms with Gasteiger partial charge < -0.3 is 18.3 Å². The van der Waals surface area contributed by atoms with Gasteiger partial charge in [0.1, 0.15) is 0 Å². The van der Waals surface area contributed by atoms with E-state index in [4.69, 9.17) is 0 Å². The summed E-state index contributed by atoms with van der Waals surface area (Å²) in [7, 11) is 0. The molecule has 4 heterocycles. The molecule has 2 aliphatic rings. The lowest BCUT2D eigenvalue weighted by Crippen LogP contribution is -2.09. The summed E-state index contributed by atoms with van der Waals surface area (Å²) in [5.74, 6) is 0. The van der Waals surface area contributed by atoms with Gasteiger partial charge in [0.05, 0.1) is 39.3 Å². The van der Waals surface area contributed by atoms with Gasteiger partial charge in [0.15, 0.2) is 0 Å². The van der Waals surface area contributed by atoms with Crippen molar-refractivity contribution in [1.29, 1.82) is 0 Å². The maximum atomic E-state index is 2.55. The number of nitrogens with zero attached hydrogens (tertiary/aromatic N) is 4. The fourth-order valence-corrected chi connectivity index (χ4v) is 11.5. The van der Waals surface area contributed by atoms with Gasteiger partial charge in [-0.05, 0) is 103 Å². The molecule has 0 fully saturated rings. The van der Waals surface area contributed by atoms with Crippen molar-refractivity contribution in [2.75, 3.05) is 0 Å². The highest BCUT2D eigenvalue weighted by molar-refractivity contribution is 6.25. The van der Waals surface area contributed by atoms with E-state index in [2.05, 4.69) is 231 Å². The third kappa shape index (κ3) is 4.99. The number of benzene rings is 8. The molecule has 0 spiro atoms. The van der Waals surface area contributed by atoms with Crippen molar-refractivity contribution in [2.24, 2.45) is 0 Å². The molecule has 64 heavy (non-hydrogen) atoms. The second-order valence-electron chi connectivity index (χ2n) is 17.5. The van der Waals surface area contributed by atoms with Crippen LogP contribution in [0.15, 0.2) is 212 Å². The van der Waals surface area contributed by atoms with Gasteiger partial charge in [0, 0.05) is 66.2 Å². The first kappa shape index (κ1) is 35.5. The fraction of sp³-hybridized carbons (Fsp3) is 0.0667. The molecule has 0 saturated carbocycles. The molecular weight excluding hydrogens is 777 g/mol. The molecule has 1 atom stereocenters. The second kappa shape index (κ2) is 13.7. The minimum absolute atomic E-state index is 0.274. The Kier molecular flexibility index (Phi) is 7.61. The molecule has 0 radical (unpaired) electrons. The van der Waals surface area contributed by atoms with Crippen molar-refractivity contribution < 1.29 is 0 Å².